The van der Waals surface area contributed by atoms with Crippen LogP contribution in [-0.2, 0) is 9.53 Å². The number of morpholine rings is 1. The molecule has 0 radical (unpaired) electrons. The SMILES string of the molecule is CC(=NNC(=O)C1CC1)[C@@H](c1ccccc1)N1CCOCC1. The maximum atomic E-state index is 11.8. The van der Waals surface area contributed by atoms with Gasteiger partial charge in [0.05, 0.1) is 25.0 Å². The van der Waals surface area contributed by atoms with Crippen LogP contribution in [0, 0.1) is 5.92 Å². The Balaban J connectivity index is 1.77. The zero-order valence-electron chi connectivity index (χ0n) is 13.0. The number of ether oxygens (including phenoxy) is 1. The topological polar surface area (TPSA) is 53.9 Å². The van der Waals surface area contributed by atoms with E-state index in [0.29, 0.717) is 0 Å². The van der Waals surface area contributed by atoms with Gasteiger partial charge in [0.25, 0.3) is 0 Å². The molecule has 5 heteroatoms. The van der Waals surface area contributed by atoms with Gasteiger partial charge in [-0.3, -0.25) is 9.69 Å². The van der Waals surface area contributed by atoms with E-state index < -0.39 is 0 Å². The summed E-state index contributed by atoms with van der Waals surface area (Å²) in [5.74, 6) is 0.225. The lowest BCUT2D eigenvalue weighted by Crippen LogP contribution is -2.42. The van der Waals surface area contributed by atoms with Crippen molar-refractivity contribution in [1.29, 1.82) is 0 Å². The number of benzene rings is 1. The summed E-state index contributed by atoms with van der Waals surface area (Å²) in [6.45, 7) is 5.22. The van der Waals surface area contributed by atoms with Crippen LogP contribution in [0.5, 0.6) is 0 Å². The molecule has 5 nitrogen and oxygen atoms in total. The fourth-order valence-electron chi connectivity index (χ4n) is 2.83. The molecule has 1 aromatic rings. The minimum absolute atomic E-state index is 0.0492. The number of carbonyl (C=O) groups is 1. The normalized spacial score (nSPS) is 21.4. The Morgan fingerprint density at radius 1 is 1.27 bits per heavy atom. The van der Waals surface area contributed by atoms with E-state index in [1.165, 1.54) is 5.56 Å². The van der Waals surface area contributed by atoms with Crippen LogP contribution in [0.2, 0.25) is 0 Å². The highest BCUT2D eigenvalue weighted by Crippen LogP contribution is 2.29. The smallest absolute Gasteiger partial charge is 0.243 e. The van der Waals surface area contributed by atoms with Crippen molar-refractivity contribution < 1.29 is 9.53 Å². The second-order valence-electron chi connectivity index (χ2n) is 5.97. The van der Waals surface area contributed by atoms with Gasteiger partial charge in [-0.2, -0.15) is 5.10 Å². The van der Waals surface area contributed by atoms with Gasteiger partial charge in [-0.25, -0.2) is 5.43 Å². The van der Waals surface area contributed by atoms with E-state index in [4.69, 9.17) is 4.74 Å². The molecule has 22 heavy (non-hydrogen) atoms. The number of nitrogens with one attached hydrogen (secondary N) is 1. The molecule has 118 valence electrons. The van der Waals surface area contributed by atoms with Gasteiger partial charge in [-0.05, 0) is 25.3 Å². The summed E-state index contributed by atoms with van der Waals surface area (Å²) in [5, 5.41) is 4.37. The predicted molar refractivity (Wildman–Crippen MR) is 85.6 cm³/mol. The number of amides is 1. The monoisotopic (exact) mass is 301 g/mol. The summed E-state index contributed by atoms with van der Waals surface area (Å²) in [7, 11) is 0. The zero-order valence-corrected chi connectivity index (χ0v) is 13.0. The van der Waals surface area contributed by atoms with Crippen molar-refractivity contribution in [2.45, 2.75) is 25.8 Å². The Labute approximate surface area is 131 Å². The molecule has 0 spiro atoms. The highest BCUT2D eigenvalue weighted by Gasteiger charge is 2.30. The lowest BCUT2D eigenvalue weighted by Gasteiger charge is -2.34. The third-order valence-corrected chi connectivity index (χ3v) is 4.21. The van der Waals surface area contributed by atoms with E-state index >= 15 is 0 Å². The summed E-state index contributed by atoms with van der Waals surface area (Å²) in [6, 6.07) is 10.4. The number of rotatable bonds is 5. The summed E-state index contributed by atoms with van der Waals surface area (Å²) in [5.41, 5.74) is 4.84. The molecule has 1 N–H and O–H groups in total. The van der Waals surface area contributed by atoms with Gasteiger partial charge in [-0.15, -0.1) is 0 Å². The fraction of sp³-hybridized carbons (Fsp3) is 0.529. The number of hydrazone groups is 1. The predicted octanol–water partition coefficient (Wildman–Crippen LogP) is 1.96. The molecule has 0 aromatic heterocycles. The molecular weight excluding hydrogens is 278 g/mol. The molecule has 0 unspecified atom stereocenters. The average molecular weight is 301 g/mol. The molecule has 1 saturated heterocycles. The van der Waals surface area contributed by atoms with Gasteiger partial charge in [0.2, 0.25) is 5.91 Å². The first-order chi connectivity index (χ1) is 10.8. The van der Waals surface area contributed by atoms with Crippen molar-refractivity contribution in [3.8, 4) is 0 Å². The third kappa shape index (κ3) is 3.72. The maximum Gasteiger partial charge on any atom is 0.243 e. The van der Waals surface area contributed by atoms with Crippen LogP contribution in [0.4, 0.5) is 0 Å². The summed E-state index contributed by atoms with van der Waals surface area (Å²) in [4.78, 5) is 14.2. The number of hydrogen-bond donors (Lipinski definition) is 1. The van der Waals surface area contributed by atoms with E-state index in [1.54, 1.807) is 0 Å². The van der Waals surface area contributed by atoms with Gasteiger partial charge < -0.3 is 4.74 Å². The van der Waals surface area contributed by atoms with Crippen molar-refractivity contribution in [2.75, 3.05) is 26.3 Å². The van der Waals surface area contributed by atoms with Crippen molar-refractivity contribution in [3.05, 3.63) is 35.9 Å². The Kier molecular flexibility index (Phi) is 4.85. The van der Waals surface area contributed by atoms with Gasteiger partial charge in [-0.1, -0.05) is 30.3 Å². The first-order valence-electron chi connectivity index (χ1n) is 7.96. The lowest BCUT2D eigenvalue weighted by molar-refractivity contribution is -0.122. The van der Waals surface area contributed by atoms with Crippen molar-refractivity contribution in [3.63, 3.8) is 0 Å². The van der Waals surface area contributed by atoms with Crippen LogP contribution < -0.4 is 5.43 Å². The molecule has 1 aliphatic carbocycles. The molecule has 1 atom stereocenters. The van der Waals surface area contributed by atoms with E-state index in [-0.39, 0.29) is 17.9 Å². The van der Waals surface area contributed by atoms with E-state index in [2.05, 4.69) is 27.6 Å². The molecule has 1 aromatic carbocycles. The van der Waals surface area contributed by atoms with Crippen LogP contribution in [0.25, 0.3) is 0 Å². The third-order valence-electron chi connectivity index (χ3n) is 4.21. The van der Waals surface area contributed by atoms with Gasteiger partial charge in [0.15, 0.2) is 0 Å². The van der Waals surface area contributed by atoms with Crippen molar-refractivity contribution in [2.24, 2.45) is 11.0 Å². The maximum absolute atomic E-state index is 11.8. The second-order valence-corrected chi connectivity index (χ2v) is 5.97. The molecule has 1 heterocycles. The Hall–Kier alpha value is -1.72. The minimum Gasteiger partial charge on any atom is -0.379 e. The average Bonchev–Trinajstić information content (AvgIpc) is 3.40. The first-order valence-corrected chi connectivity index (χ1v) is 7.96. The molecular formula is C17H23N3O2. The van der Waals surface area contributed by atoms with Crippen LogP contribution in [0.3, 0.4) is 0 Å². The van der Waals surface area contributed by atoms with Crippen LogP contribution in [0.1, 0.15) is 31.4 Å². The van der Waals surface area contributed by atoms with Gasteiger partial charge >= 0.3 is 0 Å². The Morgan fingerprint density at radius 2 is 1.95 bits per heavy atom. The summed E-state index contributed by atoms with van der Waals surface area (Å²) >= 11 is 0. The standard InChI is InChI=1S/C17H23N3O2/c1-13(18-19-17(21)15-7-8-15)16(14-5-3-2-4-6-14)20-9-11-22-12-10-20/h2-6,15-16H,7-12H2,1H3,(H,19,21)/t16-/m0/s1. The Bertz CT molecular complexity index is 534. The van der Waals surface area contributed by atoms with E-state index in [1.807, 2.05) is 25.1 Å². The van der Waals surface area contributed by atoms with Gasteiger partial charge in [0, 0.05) is 19.0 Å². The zero-order chi connectivity index (χ0) is 15.4. The summed E-state index contributed by atoms with van der Waals surface area (Å²) in [6.07, 6.45) is 1.98. The molecule has 2 fully saturated rings. The van der Waals surface area contributed by atoms with Gasteiger partial charge in [0.1, 0.15) is 0 Å². The number of carbonyl (C=O) groups excluding carboxylic acids is 1. The van der Waals surface area contributed by atoms with Crippen LogP contribution in [-0.4, -0.2) is 42.8 Å². The minimum atomic E-state index is 0.0492. The largest absolute Gasteiger partial charge is 0.379 e. The number of hydrogen-bond acceptors (Lipinski definition) is 4. The Morgan fingerprint density at radius 3 is 2.59 bits per heavy atom. The first kappa shape index (κ1) is 15.2. The summed E-state index contributed by atoms with van der Waals surface area (Å²) < 4.78 is 5.45. The van der Waals surface area contributed by atoms with Crippen LogP contribution >= 0.6 is 0 Å². The molecule has 1 aliphatic heterocycles. The number of nitrogens with zero attached hydrogens (tertiary/aromatic N) is 2. The lowest BCUT2D eigenvalue weighted by atomic mass is 10.0. The highest BCUT2D eigenvalue weighted by molar-refractivity contribution is 5.90. The molecule has 3 rings (SSSR count). The molecule has 1 saturated carbocycles. The fourth-order valence-corrected chi connectivity index (χ4v) is 2.83. The van der Waals surface area contributed by atoms with E-state index in [0.717, 1.165) is 44.9 Å². The molecule has 0 bridgehead atoms. The molecule has 1 amide bonds. The van der Waals surface area contributed by atoms with Crippen molar-refractivity contribution >= 4 is 11.6 Å². The highest BCUT2D eigenvalue weighted by atomic mass is 16.5. The molecule has 2 aliphatic rings. The second kappa shape index (κ2) is 7.03. The van der Waals surface area contributed by atoms with Crippen molar-refractivity contribution in [1.82, 2.24) is 10.3 Å². The van der Waals surface area contributed by atoms with Crippen LogP contribution in [0.15, 0.2) is 35.4 Å². The van der Waals surface area contributed by atoms with E-state index in [9.17, 15) is 4.79 Å². The quantitative estimate of drug-likeness (QED) is 0.668.